The molecule has 0 radical (unpaired) electrons. The number of benzene rings is 3. The van der Waals surface area contributed by atoms with Crippen LogP contribution in [0.4, 0.5) is 0 Å². The van der Waals surface area contributed by atoms with Crippen LogP contribution in [0.3, 0.4) is 0 Å². The molecule has 1 atom stereocenters. The molecular formula is C35H30N6O5. The number of aromatic nitrogens is 2. The zero-order valence-electron chi connectivity index (χ0n) is 24.8. The van der Waals surface area contributed by atoms with E-state index in [1.54, 1.807) is 24.4 Å². The van der Waals surface area contributed by atoms with E-state index in [0.29, 0.717) is 19.6 Å². The fourth-order valence-corrected chi connectivity index (χ4v) is 6.19. The molecule has 0 saturated carbocycles. The number of hydrogen-bond donors (Lipinski definition) is 3. The van der Waals surface area contributed by atoms with Crippen molar-refractivity contribution >= 4 is 51.5 Å². The highest BCUT2D eigenvalue weighted by Crippen LogP contribution is 2.29. The summed E-state index contributed by atoms with van der Waals surface area (Å²) in [6.45, 7) is 1.59. The van der Waals surface area contributed by atoms with Gasteiger partial charge in [-0.15, -0.1) is 0 Å². The van der Waals surface area contributed by atoms with Gasteiger partial charge in [-0.05, 0) is 53.4 Å². The van der Waals surface area contributed by atoms with Gasteiger partial charge in [0.25, 0.3) is 11.8 Å². The quantitative estimate of drug-likeness (QED) is 0.217. The van der Waals surface area contributed by atoms with Gasteiger partial charge in [-0.2, -0.15) is 0 Å². The zero-order valence-corrected chi connectivity index (χ0v) is 24.8. The third kappa shape index (κ3) is 5.41. The van der Waals surface area contributed by atoms with Crippen molar-refractivity contribution in [1.82, 2.24) is 30.4 Å². The van der Waals surface area contributed by atoms with E-state index in [0.717, 1.165) is 43.5 Å². The monoisotopic (exact) mass is 614 g/mol. The Hall–Kier alpha value is -5.68. The summed E-state index contributed by atoms with van der Waals surface area (Å²) >= 11 is 0. The van der Waals surface area contributed by atoms with E-state index < -0.39 is 29.7 Å². The Morgan fingerprint density at radius 1 is 0.804 bits per heavy atom. The number of piperidine rings is 1. The van der Waals surface area contributed by atoms with Crippen LogP contribution in [0.1, 0.15) is 50.2 Å². The van der Waals surface area contributed by atoms with Crippen LogP contribution in [0.25, 0.3) is 21.9 Å². The van der Waals surface area contributed by atoms with E-state index >= 15 is 0 Å². The largest absolute Gasteiger partial charge is 0.350 e. The number of para-hydroxylation sites is 1. The summed E-state index contributed by atoms with van der Waals surface area (Å²) in [7, 11) is 0. The van der Waals surface area contributed by atoms with Crippen molar-refractivity contribution in [2.75, 3.05) is 0 Å². The predicted octanol–water partition coefficient (Wildman–Crippen LogP) is 3.20. The van der Waals surface area contributed by atoms with Crippen LogP contribution in [-0.2, 0) is 40.6 Å². The van der Waals surface area contributed by atoms with Crippen LogP contribution >= 0.6 is 0 Å². The molecule has 46 heavy (non-hydrogen) atoms. The number of fused-ring (bicyclic) bond motifs is 4. The Kier molecular flexibility index (Phi) is 7.59. The highest BCUT2D eigenvalue weighted by molar-refractivity contribution is 6.23. The summed E-state index contributed by atoms with van der Waals surface area (Å²) in [5.41, 5.74) is 5.11. The number of nitrogens with one attached hydrogen (secondary N) is 3. The first kappa shape index (κ1) is 29.1. The van der Waals surface area contributed by atoms with Crippen molar-refractivity contribution in [3.05, 3.63) is 113 Å². The second-order valence-electron chi connectivity index (χ2n) is 11.5. The number of pyridine rings is 1. The zero-order chi connectivity index (χ0) is 31.8. The molecule has 0 bridgehead atoms. The van der Waals surface area contributed by atoms with Gasteiger partial charge >= 0.3 is 0 Å². The van der Waals surface area contributed by atoms with Crippen LogP contribution in [0, 0.1) is 0 Å². The van der Waals surface area contributed by atoms with Gasteiger partial charge in [0, 0.05) is 43.0 Å². The molecule has 4 heterocycles. The lowest BCUT2D eigenvalue weighted by atomic mass is 10.0. The lowest BCUT2D eigenvalue weighted by Gasteiger charge is -2.27. The van der Waals surface area contributed by atoms with Crippen molar-refractivity contribution < 1.29 is 24.0 Å². The fraction of sp³-hybridized carbons (Fsp3) is 0.200. The predicted molar refractivity (Wildman–Crippen MR) is 169 cm³/mol. The van der Waals surface area contributed by atoms with Gasteiger partial charge in [0.2, 0.25) is 17.7 Å². The minimum atomic E-state index is -0.986. The van der Waals surface area contributed by atoms with Gasteiger partial charge in [0.05, 0.1) is 16.6 Å². The second kappa shape index (κ2) is 12.0. The molecule has 2 aliphatic heterocycles. The molecule has 1 saturated heterocycles. The number of imide groups is 2. The van der Waals surface area contributed by atoms with Gasteiger partial charge in [-0.3, -0.25) is 34.2 Å². The molecule has 7 rings (SSSR count). The van der Waals surface area contributed by atoms with Crippen molar-refractivity contribution in [2.24, 2.45) is 0 Å². The first-order valence-corrected chi connectivity index (χ1v) is 15.1. The van der Waals surface area contributed by atoms with E-state index in [1.165, 1.54) is 0 Å². The molecule has 2 aliphatic rings. The molecule has 3 N–H and O–H groups in total. The molecule has 0 aliphatic carbocycles. The maximum Gasteiger partial charge on any atom is 0.262 e. The van der Waals surface area contributed by atoms with Crippen molar-refractivity contribution in [1.29, 1.82) is 0 Å². The highest BCUT2D eigenvalue weighted by atomic mass is 16.2. The molecule has 1 fully saturated rings. The maximum absolute atomic E-state index is 13.1. The Labute approximate surface area is 263 Å². The van der Waals surface area contributed by atoms with Gasteiger partial charge < -0.3 is 15.2 Å². The topological polar surface area (TPSA) is 142 Å². The van der Waals surface area contributed by atoms with E-state index in [-0.39, 0.29) is 36.4 Å². The van der Waals surface area contributed by atoms with Crippen LogP contribution in [0.5, 0.6) is 0 Å². The van der Waals surface area contributed by atoms with Crippen LogP contribution in [-0.4, -0.2) is 50.0 Å². The third-order valence-corrected chi connectivity index (χ3v) is 8.50. The molecule has 0 spiro atoms. The van der Waals surface area contributed by atoms with Gasteiger partial charge in [0.1, 0.15) is 18.2 Å². The average Bonchev–Trinajstić information content (AvgIpc) is 3.51. The molecule has 3 aromatic carbocycles. The first-order chi connectivity index (χ1) is 22.4. The lowest BCUT2D eigenvalue weighted by Crippen LogP contribution is -2.54. The number of nitrogens with zero attached hydrogens (tertiary/aromatic N) is 3. The molecular weight excluding hydrogens is 584 g/mol. The van der Waals surface area contributed by atoms with E-state index in [4.69, 9.17) is 0 Å². The SMILES string of the molecule is O=C(Cn1c2ccccc2c2cccnc21)NCc1ccc(CNCc2ccc3c(c2)C(=O)N(C2CCC(=O)NC2=O)C3=O)cc1. The second-order valence-corrected chi connectivity index (χ2v) is 11.5. The van der Waals surface area contributed by atoms with Crippen molar-refractivity contribution in [3.63, 3.8) is 0 Å². The molecule has 230 valence electrons. The van der Waals surface area contributed by atoms with Crippen LogP contribution in [0.15, 0.2) is 85.1 Å². The van der Waals surface area contributed by atoms with Crippen molar-refractivity contribution in [3.8, 4) is 0 Å². The molecule has 11 heteroatoms. The number of carbonyl (C=O) groups excluding carboxylic acids is 5. The molecule has 1 unspecified atom stereocenters. The Morgan fingerprint density at radius 3 is 2.30 bits per heavy atom. The molecule has 5 amide bonds. The maximum atomic E-state index is 13.1. The Bertz CT molecular complexity index is 2000. The summed E-state index contributed by atoms with van der Waals surface area (Å²) in [5, 5.41) is 10.7. The standard InChI is InChI=1S/C35H30N6O5/c42-30-14-13-29(33(44)39-30)41-34(45)26-12-11-23(16-27(26)35(41)46)18-36-17-21-7-9-22(10-8-21)19-38-31(43)20-40-28-6-2-1-4-24(28)25-5-3-15-37-32(25)40/h1-12,15-16,29,36H,13-14,17-20H2,(H,38,43)(H,39,42,44). The van der Waals surface area contributed by atoms with E-state index in [2.05, 4.69) is 20.9 Å². The summed E-state index contributed by atoms with van der Waals surface area (Å²) in [6, 6.07) is 23.9. The fourth-order valence-electron chi connectivity index (χ4n) is 6.19. The smallest absolute Gasteiger partial charge is 0.262 e. The lowest BCUT2D eigenvalue weighted by molar-refractivity contribution is -0.136. The minimum Gasteiger partial charge on any atom is -0.350 e. The van der Waals surface area contributed by atoms with Crippen LogP contribution < -0.4 is 16.0 Å². The summed E-state index contributed by atoms with van der Waals surface area (Å²) in [4.78, 5) is 68.2. The minimum absolute atomic E-state index is 0.0795. The summed E-state index contributed by atoms with van der Waals surface area (Å²) < 4.78 is 1.94. The van der Waals surface area contributed by atoms with Gasteiger partial charge in [0.15, 0.2) is 0 Å². The third-order valence-electron chi connectivity index (χ3n) is 8.50. The van der Waals surface area contributed by atoms with Gasteiger partial charge in [-0.1, -0.05) is 48.5 Å². The number of hydrogen-bond acceptors (Lipinski definition) is 7. The Balaban J connectivity index is 0.920. The number of rotatable bonds is 9. The van der Waals surface area contributed by atoms with Crippen LogP contribution in [0.2, 0.25) is 0 Å². The molecule has 11 nitrogen and oxygen atoms in total. The molecule has 5 aromatic rings. The first-order valence-electron chi connectivity index (χ1n) is 15.1. The Morgan fingerprint density at radius 2 is 1.50 bits per heavy atom. The number of amides is 5. The van der Waals surface area contributed by atoms with Gasteiger partial charge in [-0.25, -0.2) is 4.98 Å². The average molecular weight is 615 g/mol. The van der Waals surface area contributed by atoms with E-state index in [9.17, 15) is 24.0 Å². The van der Waals surface area contributed by atoms with E-state index in [1.807, 2.05) is 65.2 Å². The normalized spacial score (nSPS) is 16.3. The number of carbonyl (C=O) groups is 5. The molecule has 2 aromatic heterocycles. The summed E-state index contributed by atoms with van der Waals surface area (Å²) in [6.07, 6.45) is 1.94. The highest BCUT2D eigenvalue weighted by Gasteiger charge is 2.44. The summed E-state index contributed by atoms with van der Waals surface area (Å²) in [5.74, 6) is -2.18. The van der Waals surface area contributed by atoms with Crippen molar-refractivity contribution in [2.45, 2.75) is 45.1 Å².